The maximum atomic E-state index is 9.57. The Kier molecular flexibility index (Phi) is 4.06. The number of ether oxygens (including phenoxy) is 1. The van der Waals surface area contributed by atoms with E-state index in [4.69, 9.17) is 4.74 Å². The van der Waals surface area contributed by atoms with Gasteiger partial charge in [-0.3, -0.25) is 0 Å². The van der Waals surface area contributed by atoms with Gasteiger partial charge in [0.25, 0.3) is 0 Å². The summed E-state index contributed by atoms with van der Waals surface area (Å²) in [6.07, 6.45) is 3.70. The zero-order valence-electron chi connectivity index (χ0n) is 11.4. The molecule has 1 aromatic heterocycles. The highest BCUT2D eigenvalue weighted by Gasteiger charge is 2.09. The molecule has 1 aromatic carbocycles. The quantitative estimate of drug-likeness (QED) is 0.864. The lowest BCUT2D eigenvalue weighted by Gasteiger charge is -2.15. The van der Waals surface area contributed by atoms with Gasteiger partial charge in [-0.1, -0.05) is 6.07 Å². The molecule has 102 valence electrons. The first-order valence-corrected chi connectivity index (χ1v) is 6.18. The number of rotatable bonds is 5. The van der Waals surface area contributed by atoms with E-state index in [0.29, 0.717) is 12.3 Å². The van der Waals surface area contributed by atoms with E-state index in [2.05, 4.69) is 17.2 Å². The number of nitrogens with one attached hydrogen (secondary N) is 1. The molecule has 0 saturated carbocycles. The Labute approximate surface area is 112 Å². The molecule has 1 unspecified atom stereocenters. The van der Waals surface area contributed by atoms with Gasteiger partial charge >= 0.3 is 0 Å². The fourth-order valence-corrected chi connectivity index (χ4v) is 1.89. The number of hydrogen-bond acceptors (Lipinski definition) is 4. The monoisotopic (exact) mass is 261 g/mol. The molecular weight excluding hydrogens is 242 g/mol. The van der Waals surface area contributed by atoms with Crippen molar-refractivity contribution in [2.24, 2.45) is 7.05 Å². The largest absolute Gasteiger partial charge is 0.504 e. The predicted octanol–water partition coefficient (Wildman–Crippen LogP) is 1.99. The molecule has 0 aliphatic rings. The Bertz CT molecular complexity index is 551. The van der Waals surface area contributed by atoms with E-state index in [0.717, 1.165) is 11.4 Å². The van der Waals surface area contributed by atoms with Gasteiger partial charge in [-0.15, -0.1) is 0 Å². The summed E-state index contributed by atoms with van der Waals surface area (Å²) in [7, 11) is 3.52. The molecule has 0 spiro atoms. The molecule has 0 amide bonds. The van der Waals surface area contributed by atoms with Crippen LogP contribution in [0.5, 0.6) is 11.5 Å². The van der Waals surface area contributed by atoms with E-state index < -0.39 is 0 Å². The third kappa shape index (κ3) is 3.06. The van der Waals surface area contributed by atoms with Crippen molar-refractivity contribution in [2.45, 2.75) is 19.5 Å². The van der Waals surface area contributed by atoms with Gasteiger partial charge < -0.3 is 19.7 Å². The van der Waals surface area contributed by atoms with Gasteiger partial charge in [-0.2, -0.15) is 0 Å². The fourth-order valence-electron chi connectivity index (χ4n) is 1.89. The lowest BCUT2D eigenvalue weighted by molar-refractivity contribution is 0.372. The number of imidazole rings is 1. The first-order valence-electron chi connectivity index (χ1n) is 6.18. The van der Waals surface area contributed by atoms with E-state index in [1.807, 2.05) is 29.9 Å². The second kappa shape index (κ2) is 5.75. The average molecular weight is 261 g/mol. The van der Waals surface area contributed by atoms with Crippen molar-refractivity contribution in [3.05, 3.63) is 42.0 Å². The van der Waals surface area contributed by atoms with E-state index in [1.54, 1.807) is 19.4 Å². The number of aromatic hydroxyl groups is 1. The van der Waals surface area contributed by atoms with Crippen LogP contribution in [-0.4, -0.2) is 21.8 Å². The molecule has 2 N–H and O–H groups in total. The lowest BCUT2D eigenvalue weighted by Crippen LogP contribution is -2.20. The standard InChI is InChI=1S/C14H19N3O2/c1-10(16-9-14-15-6-7-17(14)2)11-4-5-12(18)13(8-11)19-3/h4-8,10,16,18H,9H2,1-3H3. The lowest BCUT2D eigenvalue weighted by atomic mass is 10.1. The molecule has 5 heteroatoms. The number of hydrogen-bond donors (Lipinski definition) is 2. The minimum absolute atomic E-state index is 0.145. The highest BCUT2D eigenvalue weighted by molar-refractivity contribution is 5.42. The smallest absolute Gasteiger partial charge is 0.160 e. The molecule has 5 nitrogen and oxygen atoms in total. The van der Waals surface area contributed by atoms with Crippen molar-refractivity contribution in [3.8, 4) is 11.5 Å². The molecule has 0 saturated heterocycles. The number of aromatic nitrogens is 2. The number of phenols is 1. The Hall–Kier alpha value is -2.01. The van der Waals surface area contributed by atoms with Gasteiger partial charge in [0.05, 0.1) is 13.7 Å². The van der Waals surface area contributed by atoms with Gasteiger partial charge in [0.2, 0.25) is 0 Å². The van der Waals surface area contributed by atoms with Crippen molar-refractivity contribution < 1.29 is 9.84 Å². The normalized spacial score (nSPS) is 12.4. The van der Waals surface area contributed by atoms with Crippen LogP contribution in [0.1, 0.15) is 24.4 Å². The summed E-state index contributed by atoms with van der Waals surface area (Å²) >= 11 is 0. The van der Waals surface area contributed by atoms with Gasteiger partial charge in [0, 0.05) is 25.5 Å². The van der Waals surface area contributed by atoms with E-state index in [-0.39, 0.29) is 11.8 Å². The molecule has 19 heavy (non-hydrogen) atoms. The molecule has 1 heterocycles. The highest BCUT2D eigenvalue weighted by Crippen LogP contribution is 2.28. The third-order valence-electron chi connectivity index (χ3n) is 3.19. The van der Waals surface area contributed by atoms with Crippen LogP contribution in [0.25, 0.3) is 0 Å². The van der Waals surface area contributed by atoms with Crippen LogP contribution < -0.4 is 10.1 Å². The Morgan fingerprint density at radius 2 is 2.26 bits per heavy atom. The summed E-state index contributed by atoms with van der Waals surface area (Å²) in [6.45, 7) is 2.75. The van der Waals surface area contributed by atoms with Gasteiger partial charge in [0.15, 0.2) is 11.5 Å². The number of benzene rings is 1. The summed E-state index contributed by atoms with van der Waals surface area (Å²) < 4.78 is 7.09. The van der Waals surface area contributed by atoms with Crippen LogP contribution in [0, 0.1) is 0 Å². The average Bonchev–Trinajstić information content (AvgIpc) is 2.82. The minimum atomic E-state index is 0.145. The van der Waals surface area contributed by atoms with Crippen molar-refractivity contribution >= 4 is 0 Å². The molecule has 1 atom stereocenters. The molecule has 0 aliphatic heterocycles. The van der Waals surface area contributed by atoms with Gasteiger partial charge in [-0.05, 0) is 24.6 Å². The first-order chi connectivity index (χ1) is 9.11. The van der Waals surface area contributed by atoms with E-state index >= 15 is 0 Å². The van der Waals surface area contributed by atoms with Crippen LogP contribution in [0.4, 0.5) is 0 Å². The van der Waals surface area contributed by atoms with Crippen LogP contribution >= 0.6 is 0 Å². The fraction of sp³-hybridized carbons (Fsp3) is 0.357. The second-order valence-electron chi connectivity index (χ2n) is 4.49. The van der Waals surface area contributed by atoms with Gasteiger partial charge in [0.1, 0.15) is 5.82 Å². The molecule has 0 radical (unpaired) electrons. The van der Waals surface area contributed by atoms with E-state index in [9.17, 15) is 5.11 Å². The number of aryl methyl sites for hydroxylation is 1. The Morgan fingerprint density at radius 1 is 1.47 bits per heavy atom. The summed E-state index contributed by atoms with van der Waals surface area (Å²) in [5.74, 6) is 1.63. The topological polar surface area (TPSA) is 59.3 Å². The van der Waals surface area contributed by atoms with Crippen LogP contribution in [0.3, 0.4) is 0 Å². The Balaban J connectivity index is 2.03. The maximum Gasteiger partial charge on any atom is 0.160 e. The summed E-state index contributed by atoms with van der Waals surface area (Å²) in [6, 6.07) is 5.51. The molecule has 0 aliphatic carbocycles. The van der Waals surface area contributed by atoms with Gasteiger partial charge in [-0.25, -0.2) is 4.98 Å². The van der Waals surface area contributed by atoms with Crippen molar-refractivity contribution in [2.75, 3.05) is 7.11 Å². The molecule has 0 fully saturated rings. The van der Waals surface area contributed by atoms with Crippen LogP contribution in [-0.2, 0) is 13.6 Å². The zero-order chi connectivity index (χ0) is 13.8. The maximum absolute atomic E-state index is 9.57. The summed E-state index contributed by atoms with van der Waals surface area (Å²) in [5.41, 5.74) is 1.06. The number of phenolic OH excluding ortho intramolecular Hbond substituents is 1. The Morgan fingerprint density at radius 3 is 2.89 bits per heavy atom. The van der Waals surface area contributed by atoms with Crippen molar-refractivity contribution in [3.63, 3.8) is 0 Å². The number of methoxy groups -OCH3 is 1. The SMILES string of the molecule is COc1cc(C(C)NCc2nccn2C)ccc1O. The molecule has 2 aromatic rings. The van der Waals surface area contributed by atoms with Crippen LogP contribution in [0.2, 0.25) is 0 Å². The third-order valence-corrected chi connectivity index (χ3v) is 3.19. The summed E-state index contributed by atoms with van der Waals surface area (Å²) in [4.78, 5) is 4.27. The second-order valence-corrected chi connectivity index (χ2v) is 4.49. The molecule has 2 rings (SSSR count). The molecule has 0 bridgehead atoms. The first kappa shape index (κ1) is 13.4. The molecular formula is C14H19N3O2. The number of nitrogens with zero attached hydrogens (tertiary/aromatic N) is 2. The summed E-state index contributed by atoms with van der Waals surface area (Å²) in [5, 5.41) is 13.0. The highest BCUT2D eigenvalue weighted by atomic mass is 16.5. The van der Waals surface area contributed by atoms with Crippen LogP contribution in [0.15, 0.2) is 30.6 Å². The van der Waals surface area contributed by atoms with E-state index in [1.165, 1.54) is 0 Å². The predicted molar refractivity (Wildman–Crippen MR) is 73.1 cm³/mol. The minimum Gasteiger partial charge on any atom is -0.504 e. The van der Waals surface area contributed by atoms with Crippen molar-refractivity contribution in [1.82, 2.24) is 14.9 Å². The zero-order valence-corrected chi connectivity index (χ0v) is 11.4. The van der Waals surface area contributed by atoms with Crippen molar-refractivity contribution in [1.29, 1.82) is 0 Å².